The lowest BCUT2D eigenvalue weighted by Crippen LogP contribution is -2.38. The van der Waals surface area contributed by atoms with Crippen molar-refractivity contribution in [3.05, 3.63) is 21.4 Å². The molecule has 0 saturated carbocycles. The Kier molecular flexibility index (Phi) is 2.12. The number of hydrogen-bond acceptors (Lipinski definition) is 3. The van der Waals surface area contributed by atoms with E-state index in [1.165, 1.54) is 0 Å². The van der Waals surface area contributed by atoms with Crippen LogP contribution in [0.1, 0.15) is 28.2 Å². The molecule has 0 radical (unpaired) electrons. The highest BCUT2D eigenvalue weighted by molar-refractivity contribution is 7.12. The Hall–Kier alpha value is -0.870. The van der Waals surface area contributed by atoms with Gasteiger partial charge in [0.1, 0.15) is 0 Å². The number of rotatable bonds is 1. The first kappa shape index (κ1) is 9.68. The largest absolute Gasteiger partial charge is 0.479 e. The SMILES string of the molecule is Cc1cc2c(s1)CCCC2(O)C(=O)O. The summed E-state index contributed by atoms with van der Waals surface area (Å²) in [5, 5.41) is 19.0. The Morgan fingerprint density at radius 1 is 1.64 bits per heavy atom. The Bertz CT molecular complexity index is 383. The zero-order valence-electron chi connectivity index (χ0n) is 7.91. The highest BCUT2D eigenvalue weighted by atomic mass is 32.1. The van der Waals surface area contributed by atoms with E-state index in [2.05, 4.69) is 0 Å². The van der Waals surface area contributed by atoms with Crippen LogP contribution >= 0.6 is 11.3 Å². The molecule has 1 atom stereocenters. The molecule has 14 heavy (non-hydrogen) atoms. The van der Waals surface area contributed by atoms with Gasteiger partial charge >= 0.3 is 5.97 Å². The molecule has 2 N–H and O–H groups in total. The Morgan fingerprint density at radius 3 is 3.00 bits per heavy atom. The third-order valence-electron chi connectivity index (χ3n) is 2.67. The summed E-state index contributed by atoms with van der Waals surface area (Å²) < 4.78 is 0. The second kappa shape index (κ2) is 3.07. The monoisotopic (exact) mass is 212 g/mol. The van der Waals surface area contributed by atoms with Crippen molar-refractivity contribution in [1.29, 1.82) is 0 Å². The topological polar surface area (TPSA) is 57.5 Å². The Balaban J connectivity index is 2.54. The van der Waals surface area contributed by atoms with E-state index in [4.69, 9.17) is 5.11 Å². The highest BCUT2D eigenvalue weighted by Gasteiger charge is 2.42. The van der Waals surface area contributed by atoms with Gasteiger partial charge in [-0.05, 0) is 32.3 Å². The fourth-order valence-corrected chi connectivity index (χ4v) is 3.11. The molecule has 2 rings (SSSR count). The molecular formula is C10H12O3S. The average molecular weight is 212 g/mol. The third-order valence-corrected chi connectivity index (χ3v) is 3.78. The summed E-state index contributed by atoms with van der Waals surface area (Å²) in [5.74, 6) is -1.13. The van der Waals surface area contributed by atoms with E-state index in [1.807, 2.05) is 6.92 Å². The van der Waals surface area contributed by atoms with Crippen LogP contribution in [0, 0.1) is 6.92 Å². The molecule has 1 aliphatic carbocycles. The van der Waals surface area contributed by atoms with Gasteiger partial charge in [-0.1, -0.05) is 0 Å². The van der Waals surface area contributed by atoms with E-state index >= 15 is 0 Å². The van der Waals surface area contributed by atoms with Crippen LogP contribution in [0.3, 0.4) is 0 Å². The van der Waals surface area contributed by atoms with Gasteiger partial charge in [0, 0.05) is 15.3 Å². The number of carbonyl (C=O) groups is 1. The zero-order chi connectivity index (χ0) is 10.3. The summed E-state index contributed by atoms with van der Waals surface area (Å²) in [6, 6.07) is 1.80. The number of aliphatic carboxylic acids is 1. The number of carboxylic acid groups (broad SMARTS) is 1. The van der Waals surface area contributed by atoms with Crippen LogP contribution in [-0.2, 0) is 16.8 Å². The van der Waals surface area contributed by atoms with Crippen LogP contribution in [0.25, 0.3) is 0 Å². The molecule has 1 aromatic heterocycles. The van der Waals surface area contributed by atoms with Crippen LogP contribution in [0.5, 0.6) is 0 Å². The smallest absolute Gasteiger partial charge is 0.340 e. The normalized spacial score (nSPS) is 25.9. The molecular weight excluding hydrogens is 200 g/mol. The summed E-state index contributed by atoms with van der Waals surface area (Å²) in [5.41, 5.74) is -1.03. The Labute approximate surface area is 86.0 Å². The predicted octanol–water partition coefficient (Wildman–Crippen LogP) is 1.67. The second-order valence-electron chi connectivity index (χ2n) is 3.71. The third kappa shape index (κ3) is 1.26. The van der Waals surface area contributed by atoms with Crippen LogP contribution < -0.4 is 0 Å². The van der Waals surface area contributed by atoms with Crippen molar-refractivity contribution in [3.8, 4) is 0 Å². The van der Waals surface area contributed by atoms with Crippen molar-refractivity contribution in [2.45, 2.75) is 31.8 Å². The van der Waals surface area contributed by atoms with Gasteiger partial charge in [0.25, 0.3) is 0 Å². The quantitative estimate of drug-likeness (QED) is 0.744. The minimum absolute atomic E-state index is 0.325. The molecule has 1 unspecified atom stereocenters. The lowest BCUT2D eigenvalue weighted by molar-refractivity contribution is -0.161. The van der Waals surface area contributed by atoms with E-state index in [0.29, 0.717) is 12.0 Å². The molecule has 0 fully saturated rings. The zero-order valence-corrected chi connectivity index (χ0v) is 8.73. The summed E-state index contributed by atoms with van der Waals surface area (Å²) in [6.45, 7) is 1.94. The first-order valence-electron chi connectivity index (χ1n) is 4.59. The van der Waals surface area contributed by atoms with Gasteiger partial charge in [0.05, 0.1) is 0 Å². The van der Waals surface area contributed by atoms with Gasteiger partial charge in [0.2, 0.25) is 0 Å². The summed E-state index contributed by atoms with van der Waals surface area (Å²) in [6.07, 6.45) is 1.96. The van der Waals surface area contributed by atoms with E-state index < -0.39 is 11.6 Å². The van der Waals surface area contributed by atoms with Gasteiger partial charge in [-0.25, -0.2) is 4.79 Å². The van der Waals surface area contributed by atoms with E-state index in [1.54, 1.807) is 17.4 Å². The molecule has 0 aromatic carbocycles. The molecule has 1 aromatic rings. The fourth-order valence-electron chi connectivity index (χ4n) is 1.96. The number of thiophene rings is 1. The van der Waals surface area contributed by atoms with Gasteiger partial charge in [-0.3, -0.25) is 0 Å². The number of fused-ring (bicyclic) bond motifs is 1. The fraction of sp³-hybridized carbons (Fsp3) is 0.500. The average Bonchev–Trinajstić information content (AvgIpc) is 2.47. The van der Waals surface area contributed by atoms with Crippen molar-refractivity contribution >= 4 is 17.3 Å². The minimum Gasteiger partial charge on any atom is -0.479 e. The first-order chi connectivity index (χ1) is 6.54. The predicted molar refractivity (Wildman–Crippen MR) is 53.5 cm³/mol. The van der Waals surface area contributed by atoms with Crippen LogP contribution in [0.4, 0.5) is 0 Å². The van der Waals surface area contributed by atoms with Crippen LogP contribution in [0.15, 0.2) is 6.07 Å². The van der Waals surface area contributed by atoms with Gasteiger partial charge in [0.15, 0.2) is 5.60 Å². The van der Waals surface area contributed by atoms with Crippen molar-refractivity contribution in [2.75, 3.05) is 0 Å². The molecule has 0 amide bonds. The maximum atomic E-state index is 11.0. The molecule has 0 saturated heterocycles. The van der Waals surface area contributed by atoms with Crippen molar-refractivity contribution < 1.29 is 15.0 Å². The van der Waals surface area contributed by atoms with Crippen molar-refractivity contribution in [2.24, 2.45) is 0 Å². The standard InChI is InChI=1S/C10H12O3S/c1-6-5-7-8(14-6)3-2-4-10(7,13)9(11)12/h5,13H,2-4H2,1H3,(H,11,12). The van der Waals surface area contributed by atoms with Crippen LogP contribution in [0.2, 0.25) is 0 Å². The molecule has 76 valence electrons. The molecule has 0 spiro atoms. The molecule has 1 heterocycles. The molecule has 1 aliphatic rings. The number of aliphatic hydroxyl groups is 1. The number of carboxylic acids is 1. The van der Waals surface area contributed by atoms with Gasteiger partial charge in [-0.2, -0.15) is 0 Å². The number of hydrogen-bond donors (Lipinski definition) is 2. The molecule has 3 nitrogen and oxygen atoms in total. The highest BCUT2D eigenvalue weighted by Crippen LogP contribution is 2.39. The maximum absolute atomic E-state index is 11.0. The van der Waals surface area contributed by atoms with Gasteiger partial charge in [-0.15, -0.1) is 11.3 Å². The Morgan fingerprint density at radius 2 is 2.36 bits per heavy atom. The maximum Gasteiger partial charge on any atom is 0.340 e. The van der Waals surface area contributed by atoms with E-state index in [-0.39, 0.29) is 0 Å². The van der Waals surface area contributed by atoms with Crippen LogP contribution in [-0.4, -0.2) is 16.2 Å². The molecule has 0 bridgehead atoms. The number of aryl methyl sites for hydroxylation is 2. The lowest BCUT2D eigenvalue weighted by atomic mass is 9.83. The van der Waals surface area contributed by atoms with Gasteiger partial charge < -0.3 is 10.2 Å². The van der Waals surface area contributed by atoms with E-state index in [0.717, 1.165) is 22.6 Å². The van der Waals surface area contributed by atoms with Crippen molar-refractivity contribution in [3.63, 3.8) is 0 Å². The lowest BCUT2D eigenvalue weighted by Gasteiger charge is -2.27. The molecule has 0 aliphatic heterocycles. The molecule has 4 heteroatoms. The first-order valence-corrected chi connectivity index (χ1v) is 5.41. The summed E-state index contributed by atoms with van der Waals surface area (Å²) >= 11 is 1.59. The second-order valence-corrected chi connectivity index (χ2v) is 5.05. The summed E-state index contributed by atoms with van der Waals surface area (Å²) in [7, 11) is 0. The van der Waals surface area contributed by atoms with E-state index in [9.17, 15) is 9.90 Å². The summed E-state index contributed by atoms with van der Waals surface area (Å²) in [4.78, 5) is 13.1. The minimum atomic E-state index is -1.64. The van der Waals surface area contributed by atoms with Crippen molar-refractivity contribution in [1.82, 2.24) is 0 Å².